The van der Waals surface area contributed by atoms with Crippen molar-refractivity contribution in [2.45, 2.75) is 44.6 Å². The molecule has 2 N–H and O–H groups in total. The molecule has 1 aliphatic carbocycles. The Hall–Kier alpha value is -1.23. The Labute approximate surface area is 100 Å². The van der Waals surface area contributed by atoms with Gasteiger partial charge in [-0.3, -0.25) is 0 Å². The van der Waals surface area contributed by atoms with Crippen molar-refractivity contribution in [2.24, 2.45) is 5.73 Å². The molecule has 1 aromatic heterocycles. The minimum Gasteiger partial charge on any atom is -0.474 e. The fourth-order valence-corrected chi connectivity index (χ4v) is 2.17. The molecule has 1 aromatic rings. The highest BCUT2D eigenvalue weighted by Gasteiger charge is 2.30. The van der Waals surface area contributed by atoms with E-state index in [1.165, 1.54) is 6.33 Å². The maximum absolute atomic E-state index is 13.8. The maximum Gasteiger partial charge on any atom is 0.253 e. The molecule has 1 aliphatic rings. The number of rotatable bonds is 4. The van der Waals surface area contributed by atoms with Gasteiger partial charge in [0.25, 0.3) is 5.88 Å². The number of halogens is 1. The molecule has 1 fully saturated rings. The van der Waals surface area contributed by atoms with E-state index in [1.807, 2.05) is 6.92 Å². The Kier molecular flexibility index (Phi) is 3.57. The number of aromatic nitrogens is 2. The Bertz CT molecular complexity index is 391. The molecule has 4 nitrogen and oxygen atoms in total. The van der Waals surface area contributed by atoms with E-state index in [2.05, 4.69) is 9.97 Å². The Morgan fingerprint density at radius 2 is 2.12 bits per heavy atom. The molecule has 0 unspecified atom stereocenters. The van der Waals surface area contributed by atoms with Crippen molar-refractivity contribution in [1.82, 2.24) is 9.97 Å². The van der Waals surface area contributed by atoms with Crippen molar-refractivity contribution in [3.05, 3.63) is 17.8 Å². The number of hydrogen-bond acceptors (Lipinski definition) is 4. The summed E-state index contributed by atoms with van der Waals surface area (Å²) in [7, 11) is 0. The van der Waals surface area contributed by atoms with Gasteiger partial charge in [-0.25, -0.2) is 4.98 Å². The average molecular weight is 239 g/mol. The van der Waals surface area contributed by atoms with E-state index in [0.29, 0.717) is 18.7 Å². The molecular weight excluding hydrogens is 221 g/mol. The van der Waals surface area contributed by atoms with Crippen molar-refractivity contribution < 1.29 is 9.13 Å². The topological polar surface area (TPSA) is 61.0 Å². The van der Waals surface area contributed by atoms with E-state index in [9.17, 15) is 4.39 Å². The summed E-state index contributed by atoms with van der Waals surface area (Å²) in [5.74, 6) is -0.440. The summed E-state index contributed by atoms with van der Waals surface area (Å²) >= 11 is 0. The SMILES string of the molecule is CCc1ncnc(OCC2(N)CCCC2)c1F. The van der Waals surface area contributed by atoms with Crippen LogP contribution in [-0.2, 0) is 6.42 Å². The van der Waals surface area contributed by atoms with Crippen LogP contribution in [0.5, 0.6) is 5.88 Å². The van der Waals surface area contributed by atoms with Crippen molar-refractivity contribution in [3.63, 3.8) is 0 Å². The second-order valence-electron chi connectivity index (χ2n) is 4.65. The van der Waals surface area contributed by atoms with Crippen molar-refractivity contribution in [3.8, 4) is 5.88 Å². The summed E-state index contributed by atoms with van der Waals surface area (Å²) in [5.41, 5.74) is 6.20. The van der Waals surface area contributed by atoms with Gasteiger partial charge in [-0.15, -0.1) is 0 Å². The predicted molar refractivity (Wildman–Crippen MR) is 62.2 cm³/mol. The van der Waals surface area contributed by atoms with Crippen LogP contribution in [0.2, 0.25) is 0 Å². The van der Waals surface area contributed by atoms with Gasteiger partial charge in [-0.1, -0.05) is 19.8 Å². The third kappa shape index (κ3) is 2.72. The van der Waals surface area contributed by atoms with Crippen molar-refractivity contribution >= 4 is 0 Å². The monoisotopic (exact) mass is 239 g/mol. The van der Waals surface area contributed by atoms with Crippen LogP contribution in [0.1, 0.15) is 38.3 Å². The molecule has 1 saturated carbocycles. The molecular formula is C12H18FN3O. The van der Waals surface area contributed by atoms with E-state index in [1.54, 1.807) is 0 Å². The quantitative estimate of drug-likeness (QED) is 0.870. The number of ether oxygens (including phenoxy) is 1. The van der Waals surface area contributed by atoms with Crippen LogP contribution in [-0.4, -0.2) is 22.1 Å². The Morgan fingerprint density at radius 3 is 2.76 bits per heavy atom. The third-order valence-corrected chi connectivity index (χ3v) is 3.26. The second-order valence-corrected chi connectivity index (χ2v) is 4.65. The van der Waals surface area contributed by atoms with Gasteiger partial charge in [0.2, 0.25) is 5.82 Å². The largest absolute Gasteiger partial charge is 0.474 e. The molecule has 0 radical (unpaired) electrons. The van der Waals surface area contributed by atoms with E-state index in [4.69, 9.17) is 10.5 Å². The number of nitrogens with zero attached hydrogens (tertiary/aromatic N) is 2. The molecule has 0 bridgehead atoms. The number of nitrogens with two attached hydrogens (primary N) is 1. The van der Waals surface area contributed by atoms with Gasteiger partial charge >= 0.3 is 0 Å². The molecule has 0 saturated heterocycles. The summed E-state index contributed by atoms with van der Waals surface area (Å²) in [6.07, 6.45) is 5.95. The lowest BCUT2D eigenvalue weighted by Gasteiger charge is -2.23. The molecule has 1 heterocycles. The maximum atomic E-state index is 13.8. The van der Waals surface area contributed by atoms with Crippen LogP contribution in [0.4, 0.5) is 4.39 Å². The summed E-state index contributed by atoms with van der Waals surface area (Å²) < 4.78 is 19.2. The molecule has 0 aliphatic heterocycles. The lowest BCUT2D eigenvalue weighted by Crippen LogP contribution is -2.42. The van der Waals surface area contributed by atoms with Crippen LogP contribution in [0.15, 0.2) is 6.33 Å². The van der Waals surface area contributed by atoms with E-state index in [-0.39, 0.29) is 11.4 Å². The number of hydrogen-bond donors (Lipinski definition) is 1. The minimum absolute atomic E-state index is 0.0218. The van der Waals surface area contributed by atoms with Crippen LogP contribution in [0, 0.1) is 5.82 Å². The van der Waals surface area contributed by atoms with Gasteiger partial charge in [-0.2, -0.15) is 9.37 Å². The van der Waals surface area contributed by atoms with Gasteiger partial charge < -0.3 is 10.5 Å². The predicted octanol–water partition coefficient (Wildman–Crippen LogP) is 1.83. The first-order valence-electron chi connectivity index (χ1n) is 6.06. The molecule has 94 valence electrons. The van der Waals surface area contributed by atoms with Gasteiger partial charge in [0.05, 0.1) is 11.2 Å². The molecule has 0 aromatic carbocycles. The molecule has 5 heteroatoms. The standard InChI is InChI=1S/C12H18FN3O/c1-2-9-10(13)11(16-8-15-9)17-7-12(14)5-3-4-6-12/h8H,2-7,14H2,1H3. The van der Waals surface area contributed by atoms with Gasteiger partial charge in [0, 0.05) is 0 Å². The highest BCUT2D eigenvalue weighted by Crippen LogP contribution is 2.28. The van der Waals surface area contributed by atoms with E-state index in [0.717, 1.165) is 25.7 Å². The zero-order valence-electron chi connectivity index (χ0n) is 10.1. The average Bonchev–Trinajstić information content (AvgIpc) is 2.75. The third-order valence-electron chi connectivity index (χ3n) is 3.26. The minimum atomic E-state index is -0.461. The van der Waals surface area contributed by atoms with E-state index >= 15 is 0 Å². The van der Waals surface area contributed by atoms with Crippen LogP contribution in [0.3, 0.4) is 0 Å². The zero-order valence-corrected chi connectivity index (χ0v) is 10.1. The molecule has 2 rings (SSSR count). The lowest BCUT2D eigenvalue weighted by molar-refractivity contribution is 0.204. The van der Waals surface area contributed by atoms with Crippen molar-refractivity contribution in [2.75, 3.05) is 6.61 Å². The first-order valence-corrected chi connectivity index (χ1v) is 6.06. The Morgan fingerprint density at radius 1 is 1.41 bits per heavy atom. The van der Waals surface area contributed by atoms with Crippen molar-refractivity contribution in [1.29, 1.82) is 0 Å². The summed E-state index contributed by atoms with van der Waals surface area (Å²) in [5, 5.41) is 0. The smallest absolute Gasteiger partial charge is 0.253 e. The summed E-state index contributed by atoms with van der Waals surface area (Å²) in [4.78, 5) is 7.67. The van der Waals surface area contributed by atoms with Gasteiger partial charge in [-0.05, 0) is 19.3 Å². The highest BCUT2D eigenvalue weighted by molar-refractivity contribution is 5.17. The van der Waals surface area contributed by atoms with Gasteiger partial charge in [0.1, 0.15) is 12.9 Å². The molecule has 0 spiro atoms. The summed E-state index contributed by atoms with van der Waals surface area (Å²) in [6.45, 7) is 2.17. The zero-order chi connectivity index (χ0) is 12.3. The van der Waals surface area contributed by atoms with Crippen LogP contribution >= 0.6 is 0 Å². The van der Waals surface area contributed by atoms with E-state index < -0.39 is 5.82 Å². The second kappa shape index (κ2) is 4.96. The highest BCUT2D eigenvalue weighted by atomic mass is 19.1. The number of aryl methyl sites for hydroxylation is 1. The Balaban J connectivity index is 2.03. The fraction of sp³-hybridized carbons (Fsp3) is 0.667. The summed E-state index contributed by atoms with van der Waals surface area (Å²) in [6, 6.07) is 0. The fourth-order valence-electron chi connectivity index (χ4n) is 2.17. The molecule has 17 heavy (non-hydrogen) atoms. The molecule has 0 atom stereocenters. The normalized spacial score (nSPS) is 18.3. The van der Waals surface area contributed by atoms with Gasteiger partial charge in [0.15, 0.2) is 0 Å². The first kappa shape index (κ1) is 12.2. The first-order chi connectivity index (χ1) is 8.14. The van der Waals surface area contributed by atoms with Crippen LogP contribution < -0.4 is 10.5 Å². The van der Waals surface area contributed by atoms with Crippen LogP contribution in [0.25, 0.3) is 0 Å². The molecule has 0 amide bonds. The lowest BCUT2D eigenvalue weighted by atomic mass is 10.0.